The first-order valence-corrected chi connectivity index (χ1v) is 7.81. The van der Waals surface area contributed by atoms with Gasteiger partial charge in [0.25, 0.3) is 0 Å². The van der Waals surface area contributed by atoms with Gasteiger partial charge in [-0.3, -0.25) is 4.79 Å². The van der Waals surface area contributed by atoms with Gasteiger partial charge in [0.1, 0.15) is 0 Å². The summed E-state index contributed by atoms with van der Waals surface area (Å²) in [5, 5.41) is 0.455. The number of rotatable bonds is 7. The van der Waals surface area contributed by atoms with Gasteiger partial charge in [-0.15, -0.1) is 0 Å². The van der Waals surface area contributed by atoms with Crippen LogP contribution in [0.5, 0.6) is 11.5 Å². The van der Waals surface area contributed by atoms with E-state index in [2.05, 4.69) is 0 Å². The standard InChI is InChI=1S/C17H24ClNO3/c1-6-19(12(3)4)16(20)9-8-13-10-14(18)17(21-5)15(11-13)22-7-2/h8-12H,6-7H2,1-5H3/b9-8-. The first-order valence-electron chi connectivity index (χ1n) is 7.43. The molecule has 0 fully saturated rings. The summed E-state index contributed by atoms with van der Waals surface area (Å²) in [5.41, 5.74) is 0.794. The molecule has 22 heavy (non-hydrogen) atoms. The number of likely N-dealkylation sites (N-methyl/N-ethyl adjacent to an activating group) is 1. The van der Waals surface area contributed by atoms with Crippen molar-refractivity contribution in [1.82, 2.24) is 4.90 Å². The second-order valence-electron chi connectivity index (χ2n) is 5.02. The van der Waals surface area contributed by atoms with Crippen LogP contribution < -0.4 is 9.47 Å². The van der Waals surface area contributed by atoms with Crippen molar-refractivity contribution in [2.24, 2.45) is 0 Å². The average Bonchev–Trinajstić information content (AvgIpc) is 2.45. The van der Waals surface area contributed by atoms with Gasteiger partial charge >= 0.3 is 0 Å². The number of methoxy groups -OCH3 is 1. The highest BCUT2D eigenvalue weighted by molar-refractivity contribution is 6.32. The highest BCUT2D eigenvalue weighted by Gasteiger charge is 2.13. The molecule has 0 bridgehead atoms. The molecular weight excluding hydrogens is 302 g/mol. The maximum absolute atomic E-state index is 12.2. The van der Waals surface area contributed by atoms with Crippen LogP contribution in [0.1, 0.15) is 33.3 Å². The van der Waals surface area contributed by atoms with Gasteiger partial charge in [-0.2, -0.15) is 0 Å². The molecule has 0 saturated heterocycles. The molecule has 0 aliphatic heterocycles. The first kappa shape index (κ1) is 18.4. The Morgan fingerprint density at radius 3 is 2.55 bits per heavy atom. The van der Waals surface area contributed by atoms with Crippen LogP contribution in [0.2, 0.25) is 5.02 Å². The minimum absolute atomic E-state index is 0.0256. The van der Waals surface area contributed by atoms with E-state index >= 15 is 0 Å². The summed E-state index contributed by atoms with van der Waals surface area (Å²) in [6.07, 6.45) is 3.29. The number of ether oxygens (including phenoxy) is 2. The van der Waals surface area contributed by atoms with Gasteiger partial charge in [0.15, 0.2) is 11.5 Å². The predicted octanol–water partition coefficient (Wildman–Crippen LogP) is 4.02. The van der Waals surface area contributed by atoms with E-state index < -0.39 is 0 Å². The third-order valence-corrected chi connectivity index (χ3v) is 3.48. The number of hydrogen-bond acceptors (Lipinski definition) is 3. The minimum Gasteiger partial charge on any atom is -0.491 e. The molecular formula is C17H24ClNO3. The Bertz CT molecular complexity index is 541. The summed E-state index contributed by atoms with van der Waals surface area (Å²) >= 11 is 6.19. The van der Waals surface area contributed by atoms with Gasteiger partial charge in [-0.05, 0) is 51.5 Å². The fourth-order valence-electron chi connectivity index (χ4n) is 2.18. The Labute approximate surface area is 137 Å². The molecule has 0 spiro atoms. The van der Waals surface area contributed by atoms with Crippen molar-refractivity contribution in [2.75, 3.05) is 20.3 Å². The van der Waals surface area contributed by atoms with E-state index in [0.717, 1.165) is 5.56 Å². The monoisotopic (exact) mass is 325 g/mol. The molecule has 0 aliphatic rings. The molecule has 122 valence electrons. The zero-order valence-electron chi connectivity index (χ0n) is 13.9. The summed E-state index contributed by atoms with van der Waals surface area (Å²) in [6.45, 7) is 9.02. The van der Waals surface area contributed by atoms with Crippen molar-refractivity contribution in [1.29, 1.82) is 0 Å². The summed E-state index contributed by atoms with van der Waals surface area (Å²) in [6, 6.07) is 3.72. The molecule has 1 rings (SSSR count). The lowest BCUT2D eigenvalue weighted by Gasteiger charge is -2.23. The van der Waals surface area contributed by atoms with Crippen LogP contribution in [0, 0.1) is 0 Å². The summed E-state index contributed by atoms with van der Waals surface area (Å²) < 4.78 is 10.8. The van der Waals surface area contributed by atoms with Crippen LogP contribution in [0.4, 0.5) is 0 Å². The smallest absolute Gasteiger partial charge is 0.246 e. The maximum atomic E-state index is 12.2. The molecule has 1 aromatic rings. The molecule has 0 aliphatic carbocycles. The van der Waals surface area contributed by atoms with Gasteiger partial charge in [0, 0.05) is 18.7 Å². The van der Waals surface area contributed by atoms with Crippen molar-refractivity contribution in [2.45, 2.75) is 33.7 Å². The Kier molecular flexibility index (Phi) is 7.25. The number of carbonyl (C=O) groups is 1. The van der Waals surface area contributed by atoms with Crippen LogP contribution in [0.15, 0.2) is 18.2 Å². The topological polar surface area (TPSA) is 38.8 Å². The molecule has 0 N–H and O–H groups in total. The molecule has 0 heterocycles. The predicted molar refractivity (Wildman–Crippen MR) is 90.7 cm³/mol. The van der Waals surface area contributed by atoms with E-state index in [-0.39, 0.29) is 11.9 Å². The second kappa shape index (κ2) is 8.69. The molecule has 0 saturated carbocycles. The lowest BCUT2D eigenvalue weighted by atomic mass is 10.1. The van der Waals surface area contributed by atoms with Crippen molar-refractivity contribution >= 4 is 23.6 Å². The lowest BCUT2D eigenvalue weighted by molar-refractivity contribution is -0.127. The summed E-state index contributed by atoms with van der Waals surface area (Å²) in [7, 11) is 1.55. The number of hydrogen-bond donors (Lipinski definition) is 0. The van der Waals surface area contributed by atoms with E-state index in [4.69, 9.17) is 21.1 Å². The normalized spacial score (nSPS) is 11.0. The lowest BCUT2D eigenvalue weighted by Crippen LogP contribution is -2.35. The molecule has 0 aromatic heterocycles. The van der Waals surface area contributed by atoms with Crippen molar-refractivity contribution in [3.63, 3.8) is 0 Å². The highest BCUT2D eigenvalue weighted by Crippen LogP contribution is 2.36. The fraction of sp³-hybridized carbons (Fsp3) is 0.471. The Morgan fingerprint density at radius 2 is 2.05 bits per heavy atom. The van der Waals surface area contributed by atoms with Gasteiger partial charge in [0.05, 0.1) is 18.7 Å². The van der Waals surface area contributed by atoms with Crippen molar-refractivity contribution in [3.05, 3.63) is 28.8 Å². The van der Waals surface area contributed by atoms with E-state index in [0.29, 0.717) is 29.7 Å². The number of carbonyl (C=O) groups excluding carboxylic acids is 1. The molecule has 1 aromatic carbocycles. The van der Waals surface area contributed by atoms with Gasteiger partial charge < -0.3 is 14.4 Å². The quantitative estimate of drug-likeness (QED) is 0.711. The average molecular weight is 326 g/mol. The second-order valence-corrected chi connectivity index (χ2v) is 5.43. The summed E-state index contributed by atoms with van der Waals surface area (Å²) in [5.74, 6) is 1.05. The molecule has 4 nitrogen and oxygen atoms in total. The van der Waals surface area contributed by atoms with Crippen LogP contribution in [-0.4, -0.2) is 37.1 Å². The largest absolute Gasteiger partial charge is 0.491 e. The van der Waals surface area contributed by atoms with Gasteiger partial charge in [0.2, 0.25) is 5.91 Å². The molecule has 0 radical (unpaired) electrons. The molecule has 0 unspecified atom stereocenters. The van der Waals surface area contributed by atoms with E-state index in [1.807, 2.05) is 33.8 Å². The third-order valence-electron chi connectivity index (χ3n) is 3.20. The van der Waals surface area contributed by atoms with Gasteiger partial charge in [-0.1, -0.05) is 11.6 Å². The van der Waals surface area contributed by atoms with Gasteiger partial charge in [-0.25, -0.2) is 0 Å². The van der Waals surface area contributed by atoms with E-state index in [9.17, 15) is 4.79 Å². The Hall–Kier alpha value is -1.68. The third kappa shape index (κ3) is 4.67. The zero-order chi connectivity index (χ0) is 16.7. The first-order chi connectivity index (χ1) is 10.4. The number of nitrogens with zero attached hydrogens (tertiary/aromatic N) is 1. The number of halogens is 1. The van der Waals surface area contributed by atoms with E-state index in [1.165, 1.54) is 0 Å². The van der Waals surface area contributed by atoms with E-state index in [1.54, 1.807) is 30.2 Å². The Balaban J connectivity index is 3.02. The zero-order valence-corrected chi connectivity index (χ0v) is 14.6. The molecule has 5 heteroatoms. The molecule has 0 atom stereocenters. The van der Waals surface area contributed by atoms with Crippen LogP contribution in [0.3, 0.4) is 0 Å². The number of benzene rings is 1. The van der Waals surface area contributed by atoms with Crippen LogP contribution in [0.25, 0.3) is 6.08 Å². The van der Waals surface area contributed by atoms with Crippen molar-refractivity contribution < 1.29 is 14.3 Å². The van der Waals surface area contributed by atoms with Crippen LogP contribution >= 0.6 is 11.6 Å². The van der Waals surface area contributed by atoms with Crippen LogP contribution in [-0.2, 0) is 4.79 Å². The number of amides is 1. The summed E-state index contributed by atoms with van der Waals surface area (Å²) in [4.78, 5) is 13.9. The fourth-order valence-corrected chi connectivity index (χ4v) is 2.48. The maximum Gasteiger partial charge on any atom is 0.246 e. The SMILES string of the molecule is CCOc1cc(/C=C\C(=O)N(CC)C(C)C)cc(Cl)c1OC. The van der Waals surface area contributed by atoms with Crippen molar-refractivity contribution in [3.8, 4) is 11.5 Å². The highest BCUT2D eigenvalue weighted by atomic mass is 35.5. The Morgan fingerprint density at radius 1 is 1.36 bits per heavy atom. The minimum atomic E-state index is -0.0256. The molecule has 1 amide bonds.